The van der Waals surface area contributed by atoms with Crippen LogP contribution in [0.15, 0.2) is 16.6 Å². The molecule has 1 aromatic carbocycles. The van der Waals surface area contributed by atoms with Crippen molar-refractivity contribution in [1.82, 2.24) is 10.2 Å². The van der Waals surface area contributed by atoms with Gasteiger partial charge in [-0.2, -0.15) is 0 Å². The Labute approximate surface area is 138 Å². The van der Waals surface area contributed by atoms with Crippen LogP contribution in [0.1, 0.15) is 34.3 Å². The molecule has 1 unspecified atom stereocenters. The molecule has 21 heavy (non-hydrogen) atoms. The Balaban J connectivity index is 1.95. The minimum Gasteiger partial charge on any atom is -0.322 e. The van der Waals surface area contributed by atoms with Crippen LogP contribution in [0, 0.1) is 0 Å². The molecule has 3 rings (SSSR count). The quantitative estimate of drug-likeness (QED) is 0.594. The van der Waals surface area contributed by atoms with Crippen LogP contribution in [-0.2, 0) is 21.5 Å². The van der Waals surface area contributed by atoms with Crippen molar-refractivity contribution >= 4 is 49.6 Å². The fourth-order valence-corrected chi connectivity index (χ4v) is 3.88. The van der Waals surface area contributed by atoms with Crippen molar-refractivity contribution in [3.05, 3.63) is 33.3 Å². The van der Waals surface area contributed by atoms with Gasteiger partial charge in [0.05, 0.1) is 5.56 Å². The zero-order valence-electron chi connectivity index (χ0n) is 11.0. The van der Waals surface area contributed by atoms with E-state index in [1.807, 2.05) is 12.1 Å². The third-order valence-corrected chi connectivity index (χ3v) is 5.16. The van der Waals surface area contributed by atoms with Gasteiger partial charge in [-0.05, 0) is 39.5 Å². The first-order chi connectivity index (χ1) is 10.0. The van der Waals surface area contributed by atoms with E-state index in [1.54, 1.807) is 4.90 Å². The first-order valence-electron chi connectivity index (χ1n) is 6.53. The van der Waals surface area contributed by atoms with Gasteiger partial charge in [-0.25, -0.2) is 0 Å². The average molecular weight is 416 g/mol. The molecule has 7 heteroatoms. The molecule has 1 fully saturated rings. The van der Waals surface area contributed by atoms with Gasteiger partial charge < -0.3 is 4.90 Å². The molecule has 0 radical (unpaired) electrons. The Hall–Kier alpha value is -1.21. The zero-order chi connectivity index (χ0) is 15.1. The Morgan fingerprint density at radius 3 is 2.71 bits per heavy atom. The molecule has 2 aliphatic rings. The lowest BCUT2D eigenvalue weighted by Gasteiger charge is -2.29. The molecule has 0 aromatic heterocycles. The number of hydrogen-bond acceptors (Lipinski definition) is 3. The standard InChI is InChI=1S/C14H12Br2N2O3/c15-5-7-1-2-9(16)12-8(7)6-18(14(12)21)10-3-4-11(19)17-13(10)20/h1-2,10H,3-6H2,(H,17,19,20). The van der Waals surface area contributed by atoms with Gasteiger partial charge in [-0.15, -0.1) is 0 Å². The molecule has 0 saturated carbocycles. The van der Waals surface area contributed by atoms with Crippen molar-refractivity contribution in [2.75, 3.05) is 0 Å². The summed E-state index contributed by atoms with van der Waals surface area (Å²) in [7, 11) is 0. The van der Waals surface area contributed by atoms with Gasteiger partial charge in [0.15, 0.2) is 0 Å². The Morgan fingerprint density at radius 1 is 1.29 bits per heavy atom. The highest BCUT2D eigenvalue weighted by atomic mass is 79.9. The second-order valence-corrected chi connectivity index (χ2v) is 6.51. The van der Waals surface area contributed by atoms with Crippen molar-refractivity contribution in [1.29, 1.82) is 0 Å². The Kier molecular flexibility index (Phi) is 3.88. The number of nitrogens with one attached hydrogen (secondary N) is 1. The van der Waals surface area contributed by atoms with Crippen LogP contribution in [0.5, 0.6) is 0 Å². The summed E-state index contributed by atoms with van der Waals surface area (Å²) < 4.78 is 0.738. The summed E-state index contributed by atoms with van der Waals surface area (Å²) in [5.41, 5.74) is 2.60. The van der Waals surface area contributed by atoms with Crippen LogP contribution in [0.4, 0.5) is 0 Å². The Bertz CT molecular complexity index is 660. The van der Waals surface area contributed by atoms with Gasteiger partial charge in [-0.1, -0.05) is 22.0 Å². The molecule has 2 heterocycles. The summed E-state index contributed by atoms with van der Waals surface area (Å²) in [6, 6.07) is 3.23. The predicted molar refractivity (Wildman–Crippen MR) is 82.8 cm³/mol. The molecule has 1 N–H and O–H groups in total. The predicted octanol–water partition coefficient (Wildman–Crippen LogP) is 2.10. The number of imide groups is 1. The molecule has 0 aliphatic carbocycles. The van der Waals surface area contributed by atoms with Crippen molar-refractivity contribution in [2.45, 2.75) is 30.8 Å². The van der Waals surface area contributed by atoms with E-state index in [0.717, 1.165) is 15.6 Å². The molecule has 1 aromatic rings. The highest BCUT2D eigenvalue weighted by molar-refractivity contribution is 9.10. The zero-order valence-corrected chi connectivity index (χ0v) is 14.2. The largest absolute Gasteiger partial charge is 0.322 e. The van der Waals surface area contributed by atoms with Gasteiger partial charge in [-0.3, -0.25) is 19.7 Å². The summed E-state index contributed by atoms with van der Waals surface area (Å²) in [6.07, 6.45) is 0.647. The monoisotopic (exact) mass is 414 g/mol. The number of nitrogens with zero attached hydrogens (tertiary/aromatic N) is 1. The van der Waals surface area contributed by atoms with Gasteiger partial charge in [0.1, 0.15) is 6.04 Å². The lowest BCUT2D eigenvalue weighted by Crippen LogP contribution is -2.52. The number of amides is 3. The molecular formula is C14H12Br2N2O3. The molecule has 0 bridgehead atoms. The van der Waals surface area contributed by atoms with Gasteiger partial charge in [0.25, 0.3) is 5.91 Å². The summed E-state index contributed by atoms with van der Waals surface area (Å²) in [4.78, 5) is 37.4. The number of hydrogen-bond donors (Lipinski definition) is 1. The molecule has 3 amide bonds. The van der Waals surface area contributed by atoms with Crippen LogP contribution < -0.4 is 5.32 Å². The number of alkyl halides is 1. The lowest BCUT2D eigenvalue weighted by atomic mass is 10.0. The van der Waals surface area contributed by atoms with Crippen molar-refractivity contribution in [3.8, 4) is 0 Å². The van der Waals surface area contributed by atoms with Gasteiger partial charge >= 0.3 is 0 Å². The smallest absolute Gasteiger partial charge is 0.256 e. The van der Waals surface area contributed by atoms with E-state index < -0.39 is 6.04 Å². The summed E-state index contributed by atoms with van der Waals surface area (Å²) in [5.74, 6) is -0.819. The highest BCUT2D eigenvalue weighted by Gasteiger charge is 2.40. The van der Waals surface area contributed by atoms with Crippen LogP contribution in [-0.4, -0.2) is 28.7 Å². The number of piperidine rings is 1. The van der Waals surface area contributed by atoms with Crippen LogP contribution in [0.2, 0.25) is 0 Å². The third-order valence-electron chi connectivity index (χ3n) is 3.89. The number of carbonyl (C=O) groups is 3. The lowest BCUT2D eigenvalue weighted by molar-refractivity contribution is -0.136. The molecule has 5 nitrogen and oxygen atoms in total. The molecule has 1 saturated heterocycles. The summed E-state index contributed by atoms with van der Waals surface area (Å²) in [5, 5.41) is 2.96. The van der Waals surface area contributed by atoms with E-state index in [-0.39, 0.29) is 24.1 Å². The highest BCUT2D eigenvalue weighted by Crippen LogP contribution is 2.35. The van der Waals surface area contributed by atoms with Crippen molar-refractivity contribution in [2.24, 2.45) is 0 Å². The van der Waals surface area contributed by atoms with Crippen molar-refractivity contribution < 1.29 is 14.4 Å². The van der Waals surface area contributed by atoms with E-state index in [9.17, 15) is 14.4 Å². The first kappa shape index (κ1) is 14.7. The van der Waals surface area contributed by atoms with Gasteiger partial charge in [0.2, 0.25) is 11.8 Å². The fraction of sp³-hybridized carbons (Fsp3) is 0.357. The SMILES string of the molecule is O=C1CCC(N2Cc3c(CBr)ccc(Br)c3C2=O)C(=O)N1. The van der Waals surface area contributed by atoms with E-state index in [1.165, 1.54) is 0 Å². The Morgan fingerprint density at radius 2 is 2.05 bits per heavy atom. The maximum absolute atomic E-state index is 12.6. The maximum Gasteiger partial charge on any atom is 0.256 e. The summed E-state index contributed by atoms with van der Waals surface area (Å²) >= 11 is 6.83. The second kappa shape index (κ2) is 5.53. The second-order valence-electron chi connectivity index (χ2n) is 5.09. The molecule has 0 spiro atoms. The van der Waals surface area contributed by atoms with Crippen LogP contribution in [0.25, 0.3) is 0 Å². The number of halogens is 2. The molecule has 2 aliphatic heterocycles. The van der Waals surface area contributed by atoms with E-state index >= 15 is 0 Å². The van der Waals surface area contributed by atoms with E-state index in [4.69, 9.17) is 0 Å². The number of benzene rings is 1. The minimum atomic E-state index is -0.572. The maximum atomic E-state index is 12.6. The molecule has 110 valence electrons. The van der Waals surface area contributed by atoms with E-state index in [0.29, 0.717) is 23.9 Å². The number of fused-ring (bicyclic) bond motifs is 1. The minimum absolute atomic E-state index is 0.158. The van der Waals surface area contributed by atoms with E-state index in [2.05, 4.69) is 37.2 Å². The van der Waals surface area contributed by atoms with Gasteiger partial charge in [0, 0.05) is 22.8 Å². The normalized spacial score (nSPS) is 21.5. The van der Waals surface area contributed by atoms with Crippen LogP contribution in [0.3, 0.4) is 0 Å². The number of rotatable bonds is 2. The molecular weight excluding hydrogens is 404 g/mol. The summed E-state index contributed by atoms with van der Waals surface area (Å²) in [6.45, 7) is 0.404. The topological polar surface area (TPSA) is 66.5 Å². The van der Waals surface area contributed by atoms with Crippen LogP contribution >= 0.6 is 31.9 Å². The number of carbonyl (C=O) groups excluding carboxylic acids is 3. The fourth-order valence-electron chi connectivity index (χ4n) is 2.82. The first-order valence-corrected chi connectivity index (χ1v) is 8.45. The molecule has 1 atom stereocenters. The average Bonchev–Trinajstić information content (AvgIpc) is 2.78. The third kappa shape index (κ3) is 2.42. The van der Waals surface area contributed by atoms with Crippen molar-refractivity contribution in [3.63, 3.8) is 0 Å².